The smallest absolute Gasteiger partial charge is 0.304 e. The zero-order valence-electron chi connectivity index (χ0n) is 10.2. The summed E-state index contributed by atoms with van der Waals surface area (Å²) in [7, 11) is 0. The lowest BCUT2D eigenvalue weighted by atomic mass is 9.88. The number of aliphatic carboxylic acids is 1. The second-order valence-electron chi connectivity index (χ2n) is 4.48. The Bertz CT molecular complexity index is 561. The predicted molar refractivity (Wildman–Crippen MR) is 70.4 cm³/mol. The molecule has 0 aliphatic carbocycles. The van der Waals surface area contributed by atoms with Gasteiger partial charge in [-0.05, 0) is 24.6 Å². The Kier molecular flexibility index (Phi) is 3.58. The maximum atomic E-state index is 11.0. The first kappa shape index (κ1) is 12.5. The van der Waals surface area contributed by atoms with E-state index < -0.39 is 5.97 Å². The fourth-order valence-corrected chi connectivity index (χ4v) is 2.21. The van der Waals surface area contributed by atoms with E-state index in [9.17, 15) is 4.79 Å². The quantitative estimate of drug-likeness (QED) is 0.863. The molecule has 1 heterocycles. The SMILES string of the molecule is CC(N)C(CC(=O)O)c1ccnc2ccccc12. The summed E-state index contributed by atoms with van der Waals surface area (Å²) in [4.78, 5) is 15.2. The zero-order chi connectivity index (χ0) is 13.1. The molecule has 4 nitrogen and oxygen atoms in total. The van der Waals surface area contributed by atoms with Gasteiger partial charge in [0.1, 0.15) is 0 Å². The lowest BCUT2D eigenvalue weighted by Gasteiger charge is -2.20. The Balaban J connectivity index is 2.53. The summed E-state index contributed by atoms with van der Waals surface area (Å²) in [6, 6.07) is 9.35. The van der Waals surface area contributed by atoms with Crippen LogP contribution in [0, 0.1) is 0 Å². The third kappa shape index (κ3) is 2.49. The molecule has 1 aromatic heterocycles. The average Bonchev–Trinajstić information content (AvgIpc) is 2.35. The molecule has 0 radical (unpaired) electrons. The number of hydrogen-bond donors (Lipinski definition) is 2. The Hall–Kier alpha value is -1.94. The maximum Gasteiger partial charge on any atom is 0.304 e. The summed E-state index contributed by atoms with van der Waals surface area (Å²) < 4.78 is 0. The average molecular weight is 244 g/mol. The van der Waals surface area contributed by atoms with Crippen LogP contribution in [0.3, 0.4) is 0 Å². The first-order valence-electron chi connectivity index (χ1n) is 5.90. The van der Waals surface area contributed by atoms with Gasteiger partial charge in [-0.1, -0.05) is 18.2 Å². The van der Waals surface area contributed by atoms with E-state index in [-0.39, 0.29) is 18.4 Å². The molecule has 0 spiro atoms. The molecule has 0 bridgehead atoms. The first-order valence-corrected chi connectivity index (χ1v) is 5.90. The van der Waals surface area contributed by atoms with Gasteiger partial charge in [-0.3, -0.25) is 9.78 Å². The summed E-state index contributed by atoms with van der Waals surface area (Å²) in [5.41, 5.74) is 7.75. The van der Waals surface area contributed by atoms with Crippen molar-refractivity contribution in [2.24, 2.45) is 5.73 Å². The summed E-state index contributed by atoms with van der Waals surface area (Å²) in [6.07, 6.45) is 1.74. The predicted octanol–water partition coefficient (Wildman–Crippen LogP) is 2.14. The third-order valence-corrected chi connectivity index (χ3v) is 3.11. The number of carboxylic acid groups (broad SMARTS) is 1. The molecular weight excluding hydrogens is 228 g/mol. The highest BCUT2D eigenvalue weighted by molar-refractivity contribution is 5.83. The van der Waals surface area contributed by atoms with Crippen LogP contribution in [-0.2, 0) is 4.79 Å². The highest BCUT2D eigenvalue weighted by Gasteiger charge is 2.21. The molecule has 2 rings (SSSR count). The normalized spacial score (nSPS) is 14.3. The van der Waals surface area contributed by atoms with Gasteiger partial charge >= 0.3 is 5.97 Å². The molecule has 4 heteroatoms. The van der Waals surface area contributed by atoms with Gasteiger partial charge in [-0.25, -0.2) is 0 Å². The molecular formula is C14H16N2O2. The highest BCUT2D eigenvalue weighted by atomic mass is 16.4. The molecule has 0 aliphatic rings. The second-order valence-corrected chi connectivity index (χ2v) is 4.48. The second kappa shape index (κ2) is 5.14. The number of nitrogens with zero attached hydrogens (tertiary/aromatic N) is 1. The van der Waals surface area contributed by atoms with Crippen LogP contribution < -0.4 is 5.73 Å². The van der Waals surface area contributed by atoms with E-state index in [2.05, 4.69) is 4.98 Å². The van der Waals surface area contributed by atoms with E-state index in [1.807, 2.05) is 37.3 Å². The van der Waals surface area contributed by atoms with Gasteiger partial charge in [0, 0.05) is 23.5 Å². The van der Waals surface area contributed by atoms with Gasteiger partial charge < -0.3 is 10.8 Å². The van der Waals surface area contributed by atoms with Crippen molar-refractivity contribution in [2.75, 3.05) is 0 Å². The number of benzene rings is 1. The van der Waals surface area contributed by atoms with E-state index in [1.165, 1.54) is 0 Å². The molecule has 0 aliphatic heterocycles. The van der Waals surface area contributed by atoms with Crippen molar-refractivity contribution in [3.8, 4) is 0 Å². The monoisotopic (exact) mass is 244 g/mol. The van der Waals surface area contributed by atoms with Crippen molar-refractivity contribution in [1.29, 1.82) is 0 Å². The summed E-state index contributed by atoms with van der Waals surface area (Å²) >= 11 is 0. The van der Waals surface area contributed by atoms with Gasteiger partial charge in [-0.2, -0.15) is 0 Å². The Morgan fingerprint density at radius 1 is 1.39 bits per heavy atom. The van der Waals surface area contributed by atoms with Gasteiger partial charge in [0.2, 0.25) is 0 Å². The van der Waals surface area contributed by atoms with E-state index in [1.54, 1.807) is 6.20 Å². The number of para-hydroxylation sites is 1. The lowest BCUT2D eigenvalue weighted by molar-refractivity contribution is -0.137. The number of hydrogen-bond acceptors (Lipinski definition) is 3. The molecule has 3 N–H and O–H groups in total. The van der Waals surface area contributed by atoms with Crippen LogP contribution in [0.5, 0.6) is 0 Å². The summed E-state index contributed by atoms with van der Waals surface area (Å²) in [5.74, 6) is -1.03. The lowest BCUT2D eigenvalue weighted by Crippen LogP contribution is -2.27. The zero-order valence-corrected chi connectivity index (χ0v) is 10.2. The minimum atomic E-state index is -0.835. The highest BCUT2D eigenvalue weighted by Crippen LogP contribution is 2.28. The van der Waals surface area contributed by atoms with Gasteiger partial charge in [0.05, 0.1) is 11.9 Å². The van der Waals surface area contributed by atoms with E-state index in [4.69, 9.17) is 10.8 Å². The fourth-order valence-electron chi connectivity index (χ4n) is 2.21. The minimum absolute atomic E-state index is 0.0334. The molecule has 1 aromatic carbocycles. The van der Waals surface area contributed by atoms with Crippen LogP contribution in [0.25, 0.3) is 10.9 Å². The van der Waals surface area contributed by atoms with Gasteiger partial charge in [0.25, 0.3) is 0 Å². The van der Waals surface area contributed by atoms with Crippen LogP contribution in [0.2, 0.25) is 0 Å². The standard InChI is InChI=1S/C14H16N2O2/c1-9(15)12(8-14(17)18)10-6-7-16-13-5-3-2-4-11(10)13/h2-7,9,12H,8,15H2,1H3,(H,17,18). The van der Waals surface area contributed by atoms with E-state index in [0.29, 0.717) is 0 Å². The maximum absolute atomic E-state index is 11.0. The number of carboxylic acids is 1. The topological polar surface area (TPSA) is 76.2 Å². The molecule has 94 valence electrons. The molecule has 0 saturated heterocycles. The number of carbonyl (C=O) groups is 1. The first-order chi connectivity index (χ1) is 8.59. The van der Waals surface area contributed by atoms with Crippen molar-refractivity contribution in [1.82, 2.24) is 4.98 Å². The van der Waals surface area contributed by atoms with E-state index in [0.717, 1.165) is 16.5 Å². The van der Waals surface area contributed by atoms with Crippen LogP contribution in [0.4, 0.5) is 0 Å². The third-order valence-electron chi connectivity index (χ3n) is 3.11. The molecule has 0 saturated carbocycles. The Morgan fingerprint density at radius 2 is 2.11 bits per heavy atom. The molecule has 2 unspecified atom stereocenters. The van der Waals surface area contributed by atoms with Crippen molar-refractivity contribution < 1.29 is 9.90 Å². The minimum Gasteiger partial charge on any atom is -0.481 e. The van der Waals surface area contributed by atoms with Crippen molar-refractivity contribution in [3.63, 3.8) is 0 Å². The van der Waals surface area contributed by atoms with Crippen molar-refractivity contribution in [2.45, 2.75) is 25.3 Å². The van der Waals surface area contributed by atoms with Crippen LogP contribution in [0.15, 0.2) is 36.5 Å². The van der Waals surface area contributed by atoms with Crippen LogP contribution >= 0.6 is 0 Å². The molecule has 2 aromatic rings. The number of rotatable bonds is 4. The number of pyridine rings is 1. The van der Waals surface area contributed by atoms with E-state index >= 15 is 0 Å². The number of nitrogens with two attached hydrogens (primary N) is 1. The number of aromatic nitrogens is 1. The van der Waals surface area contributed by atoms with Crippen molar-refractivity contribution in [3.05, 3.63) is 42.1 Å². The van der Waals surface area contributed by atoms with Crippen LogP contribution in [0.1, 0.15) is 24.8 Å². The largest absolute Gasteiger partial charge is 0.481 e. The van der Waals surface area contributed by atoms with Gasteiger partial charge in [-0.15, -0.1) is 0 Å². The summed E-state index contributed by atoms with van der Waals surface area (Å²) in [6.45, 7) is 1.84. The van der Waals surface area contributed by atoms with Gasteiger partial charge in [0.15, 0.2) is 0 Å². The molecule has 0 fully saturated rings. The van der Waals surface area contributed by atoms with Crippen LogP contribution in [-0.4, -0.2) is 22.1 Å². The Morgan fingerprint density at radius 3 is 2.78 bits per heavy atom. The molecule has 2 atom stereocenters. The molecule has 0 amide bonds. The molecule has 18 heavy (non-hydrogen) atoms. The number of fused-ring (bicyclic) bond motifs is 1. The Labute approximate surface area is 105 Å². The fraction of sp³-hybridized carbons (Fsp3) is 0.286. The van der Waals surface area contributed by atoms with Crippen molar-refractivity contribution >= 4 is 16.9 Å². The summed E-state index contributed by atoms with van der Waals surface area (Å²) in [5, 5.41) is 9.97.